The third kappa shape index (κ3) is 1.83. The van der Waals surface area contributed by atoms with E-state index in [1.54, 1.807) is 24.4 Å². The molecule has 0 amide bonds. The highest BCUT2D eigenvalue weighted by atomic mass is 19.3. The quantitative estimate of drug-likeness (QED) is 0.725. The molecule has 0 radical (unpaired) electrons. The molecular formula is C15H8F3NO2. The molecule has 0 spiro atoms. The minimum atomic E-state index is -3.68. The molecule has 2 aromatic carbocycles. The summed E-state index contributed by atoms with van der Waals surface area (Å²) in [6.45, 7) is 0. The van der Waals surface area contributed by atoms with Crippen molar-refractivity contribution in [2.75, 3.05) is 0 Å². The van der Waals surface area contributed by atoms with Gasteiger partial charge in [-0.3, -0.25) is 0 Å². The van der Waals surface area contributed by atoms with E-state index in [0.717, 1.165) is 0 Å². The fraction of sp³-hybridized carbons (Fsp3) is 0.0667. The van der Waals surface area contributed by atoms with Crippen molar-refractivity contribution in [3.05, 3.63) is 48.4 Å². The van der Waals surface area contributed by atoms with Crippen molar-refractivity contribution in [1.29, 1.82) is 0 Å². The summed E-state index contributed by atoms with van der Waals surface area (Å²) in [5.41, 5.74) is 1.69. The Morgan fingerprint density at radius 2 is 1.86 bits per heavy atom. The van der Waals surface area contributed by atoms with Crippen LogP contribution in [0.4, 0.5) is 13.2 Å². The second-order valence-electron chi connectivity index (χ2n) is 4.69. The van der Waals surface area contributed by atoms with E-state index < -0.39 is 12.1 Å². The monoisotopic (exact) mass is 291 g/mol. The number of nitrogens with one attached hydrogen (secondary N) is 1. The molecule has 0 atom stereocenters. The Balaban J connectivity index is 1.95. The SMILES string of the molecule is Fc1ccc2[nH]cc(-c3cccc4c3OC(F)(F)O4)c2c1. The molecule has 1 N–H and O–H groups in total. The van der Waals surface area contributed by atoms with Crippen LogP contribution >= 0.6 is 0 Å². The number of H-pyrrole nitrogens is 1. The van der Waals surface area contributed by atoms with E-state index in [2.05, 4.69) is 14.5 Å². The summed E-state index contributed by atoms with van der Waals surface area (Å²) in [7, 11) is 0. The molecule has 3 aromatic rings. The number of aromatic amines is 1. The lowest BCUT2D eigenvalue weighted by molar-refractivity contribution is -0.286. The van der Waals surface area contributed by atoms with Gasteiger partial charge < -0.3 is 14.5 Å². The molecule has 0 unspecified atom stereocenters. The standard InChI is InChI=1S/C15H8F3NO2/c16-8-4-5-12-10(6-8)11(7-19-12)9-2-1-3-13-14(9)21-15(17,18)20-13/h1-7,19H. The van der Waals surface area contributed by atoms with Gasteiger partial charge in [-0.25, -0.2) is 4.39 Å². The zero-order valence-corrected chi connectivity index (χ0v) is 10.5. The number of ether oxygens (including phenoxy) is 2. The van der Waals surface area contributed by atoms with Gasteiger partial charge in [-0.15, -0.1) is 8.78 Å². The van der Waals surface area contributed by atoms with Crippen LogP contribution in [0.3, 0.4) is 0 Å². The van der Waals surface area contributed by atoms with Crippen LogP contribution < -0.4 is 9.47 Å². The molecule has 1 aromatic heterocycles. The maximum atomic E-state index is 13.4. The van der Waals surface area contributed by atoms with E-state index in [0.29, 0.717) is 22.0 Å². The predicted molar refractivity (Wildman–Crippen MR) is 69.9 cm³/mol. The van der Waals surface area contributed by atoms with Crippen LogP contribution in [0.1, 0.15) is 0 Å². The van der Waals surface area contributed by atoms with Crippen LogP contribution in [0.25, 0.3) is 22.0 Å². The highest BCUT2D eigenvalue weighted by molar-refractivity contribution is 5.97. The highest BCUT2D eigenvalue weighted by Crippen LogP contribution is 2.48. The minimum Gasteiger partial charge on any atom is -0.395 e. The van der Waals surface area contributed by atoms with Gasteiger partial charge in [0.15, 0.2) is 11.5 Å². The first-order valence-electron chi connectivity index (χ1n) is 6.19. The Kier molecular flexibility index (Phi) is 2.28. The molecule has 2 heterocycles. The first-order valence-corrected chi connectivity index (χ1v) is 6.19. The number of hydrogen-bond acceptors (Lipinski definition) is 2. The first kappa shape index (κ1) is 12.1. The van der Waals surface area contributed by atoms with Crippen molar-refractivity contribution in [2.45, 2.75) is 6.29 Å². The largest absolute Gasteiger partial charge is 0.586 e. The third-order valence-electron chi connectivity index (χ3n) is 3.36. The zero-order valence-electron chi connectivity index (χ0n) is 10.5. The third-order valence-corrected chi connectivity index (χ3v) is 3.36. The maximum Gasteiger partial charge on any atom is 0.586 e. The molecule has 4 rings (SSSR count). The van der Waals surface area contributed by atoms with E-state index in [4.69, 9.17) is 0 Å². The van der Waals surface area contributed by atoms with Gasteiger partial charge in [0.2, 0.25) is 0 Å². The van der Waals surface area contributed by atoms with Crippen molar-refractivity contribution >= 4 is 10.9 Å². The van der Waals surface area contributed by atoms with Crippen molar-refractivity contribution < 1.29 is 22.6 Å². The second kappa shape index (κ2) is 3.94. The summed E-state index contributed by atoms with van der Waals surface area (Å²) in [6.07, 6.45) is -2.06. The van der Waals surface area contributed by atoms with Gasteiger partial charge in [-0.2, -0.15) is 0 Å². The number of hydrogen-bond donors (Lipinski definition) is 1. The summed E-state index contributed by atoms with van der Waals surface area (Å²) in [4.78, 5) is 2.98. The Bertz CT molecular complexity index is 857. The topological polar surface area (TPSA) is 34.2 Å². The second-order valence-corrected chi connectivity index (χ2v) is 4.69. The van der Waals surface area contributed by atoms with Gasteiger partial charge in [0.1, 0.15) is 5.82 Å². The van der Waals surface area contributed by atoms with Gasteiger partial charge in [-0.1, -0.05) is 12.1 Å². The summed E-state index contributed by atoms with van der Waals surface area (Å²) in [5.74, 6) is -0.491. The normalized spacial score (nSPS) is 15.6. The summed E-state index contributed by atoms with van der Waals surface area (Å²) < 4.78 is 48.9. The molecular weight excluding hydrogens is 283 g/mol. The first-order chi connectivity index (χ1) is 10.0. The number of benzene rings is 2. The van der Waals surface area contributed by atoms with Crippen LogP contribution in [0.5, 0.6) is 11.5 Å². The van der Waals surface area contributed by atoms with E-state index in [1.165, 1.54) is 18.2 Å². The Labute approximate surface area is 116 Å². The number of fused-ring (bicyclic) bond motifs is 2. The average Bonchev–Trinajstić information content (AvgIpc) is 2.96. The van der Waals surface area contributed by atoms with E-state index in [1.807, 2.05) is 0 Å². The fourth-order valence-corrected chi connectivity index (χ4v) is 2.50. The van der Waals surface area contributed by atoms with Crippen LogP contribution in [-0.2, 0) is 0 Å². The van der Waals surface area contributed by atoms with E-state index in [-0.39, 0.29) is 11.5 Å². The number of rotatable bonds is 1. The van der Waals surface area contributed by atoms with Crippen LogP contribution in [-0.4, -0.2) is 11.3 Å². The molecule has 0 saturated heterocycles. The van der Waals surface area contributed by atoms with Gasteiger partial charge in [0, 0.05) is 28.2 Å². The lowest BCUT2D eigenvalue weighted by Gasteiger charge is -2.06. The molecule has 0 aliphatic carbocycles. The minimum absolute atomic E-state index is 0.0387. The molecule has 0 fully saturated rings. The lowest BCUT2D eigenvalue weighted by Crippen LogP contribution is -2.26. The molecule has 1 aliphatic rings. The predicted octanol–water partition coefficient (Wildman–Crippen LogP) is 4.30. The molecule has 0 saturated carbocycles. The van der Waals surface area contributed by atoms with Gasteiger partial charge in [-0.05, 0) is 24.3 Å². The van der Waals surface area contributed by atoms with Crippen molar-refractivity contribution in [3.8, 4) is 22.6 Å². The summed E-state index contributed by atoms with van der Waals surface area (Å²) >= 11 is 0. The maximum absolute atomic E-state index is 13.4. The molecule has 0 bridgehead atoms. The van der Waals surface area contributed by atoms with Crippen molar-refractivity contribution in [3.63, 3.8) is 0 Å². The average molecular weight is 291 g/mol. The molecule has 106 valence electrons. The van der Waals surface area contributed by atoms with Gasteiger partial charge in [0.25, 0.3) is 0 Å². The van der Waals surface area contributed by atoms with Crippen molar-refractivity contribution in [2.24, 2.45) is 0 Å². The molecule has 21 heavy (non-hydrogen) atoms. The Morgan fingerprint density at radius 3 is 2.71 bits per heavy atom. The smallest absolute Gasteiger partial charge is 0.395 e. The van der Waals surface area contributed by atoms with Crippen molar-refractivity contribution in [1.82, 2.24) is 4.98 Å². The molecule has 6 heteroatoms. The van der Waals surface area contributed by atoms with Crippen LogP contribution in [0.15, 0.2) is 42.6 Å². The molecule has 1 aliphatic heterocycles. The number of halogens is 3. The fourth-order valence-electron chi connectivity index (χ4n) is 2.50. The Morgan fingerprint density at radius 1 is 1.00 bits per heavy atom. The number of alkyl halides is 2. The van der Waals surface area contributed by atoms with E-state index >= 15 is 0 Å². The number of aromatic nitrogens is 1. The summed E-state index contributed by atoms with van der Waals surface area (Å²) in [6, 6.07) is 8.85. The highest BCUT2D eigenvalue weighted by Gasteiger charge is 2.44. The Hall–Kier alpha value is -2.63. The van der Waals surface area contributed by atoms with Gasteiger partial charge in [0.05, 0.1) is 0 Å². The zero-order chi connectivity index (χ0) is 14.6. The van der Waals surface area contributed by atoms with Crippen LogP contribution in [0.2, 0.25) is 0 Å². The van der Waals surface area contributed by atoms with E-state index in [9.17, 15) is 13.2 Å². The lowest BCUT2D eigenvalue weighted by atomic mass is 10.0. The molecule has 3 nitrogen and oxygen atoms in total. The van der Waals surface area contributed by atoms with Gasteiger partial charge >= 0.3 is 6.29 Å². The summed E-state index contributed by atoms with van der Waals surface area (Å²) in [5, 5.41) is 0.585. The number of para-hydroxylation sites is 1. The van der Waals surface area contributed by atoms with Crippen LogP contribution in [0, 0.1) is 5.82 Å².